The molecule has 1 amide bonds. The summed E-state index contributed by atoms with van der Waals surface area (Å²) < 4.78 is 1.26. The molecule has 6 nitrogen and oxygen atoms in total. The summed E-state index contributed by atoms with van der Waals surface area (Å²) in [7, 11) is 0. The van der Waals surface area contributed by atoms with Crippen molar-refractivity contribution in [1.82, 2.24) is 14.9 Å². The molecule has 1 unspecified atom stereocenters. The van der Waals surface area contributed by atoms with Gasteiger partial charge in [0.2, 0.25) is 0 Å². The van der Waals surface area contributed by atoms with Crippen LogP contribution in [0.3, 0.4) is 0 Å². The average Bonchev–Trinajstić information content (AvgIpc) is 2.68. The zero-order valence-corrected chi connectivity index (χ0v) is 16.0. The Bertz CT molecular complexity index is 984. The lowest BCUT2D eigenvalue weighted by Gasteiger charge is -2.14. The highest BCUT2D eigenvalue weighted by atomic mass is 16.2. The van der Waals surface area contributed by atoms with Crippen LogP contribution in [-0.4, -0.2) is 21.5 Å². The Morgan fingerprint density at radius 2 is 2.11 bits per heavy atom. The number of carbonyl (C=O) groups is 1. The van der Waals surface area contributed by atoms with Gasteiger partial charge in [-0.25, -0.2) is 4.79 Å². The maximum absolute atomic E-state index is 12.8. The Balaban J connectivity index is 1.87. The van der Waals surface area contributed by atoms with Gasteiger partial charge in [-0.3, -0.25) is 14.2 Å². The molecule has 3 rings (SSSR count). The van der Waals surface area contributed by atoms with Gasteiger partial charge in [0, 0.05) is 18.2 Å². The zero-order valence-electron chi connectivity index (χ0n) is 16.0. The Hall–Kier alpha value is -2.63. The fourth-order valence-corrected chi connectivity index (χ4v) is 3.40. The van der Waals surface area contributed by atoms with Gasteiger partial charge in [0.1, 0.15) is 0 Å². The van der Waals surface area contributed by atoms with Gasteiger partial charge >= 0.3 is 5.69 Å². The van der Waals surface area contributed by atoms with Crippen LogP contribution in [0.25, 0.3) is 10.9 Å². The van der Waals surface area contributed by atoms with Gasteiger partial charge in [-0.1, -0.05) is 18.6 Å². The number of rotatable bonds is 6. The summed E-state index contributed by atoms with van der Waals surface area (Å²) in [6.45, 7) is 4.31. The van der Waals surface area contributed by atoms with Crippen molar-refractivity contribution in [3.63, 3.8) is 0 Å². The molecule has 1 atom stereocenters. The summed E-state index contributed by atoms with van der Waals surface area (Å²) in [6.07, 6.45) is 8.31. The van der Waals surface area contributed by atoms with Crippen molar-refractivity contribution in [1.29, 1.82) is 0 Å². The molecule has 1 aromatic heterocycles. The topological polar surface area (TPSA) is 84.0 Å². The number of aromatic nitrogens is 2. The monoisotopic (exact) mass is 369 g/mol. The number of aromatic amines is 1. The van der Waals surface area contributed by atoms with Crippen LogP contribution in [0.15, 0.2) is 39.4 Å². The normalized spacial score (nSPS) is 15.4. The molecule has 1 aliphatic rings. The first-order valence-electron chi connectivity index (χ1n) is 9.75. The second kappa shape index (κ2) is 8.37. The number of carbonyl (C=O) groups excluding carboxylic acids is 1. The maximum atomic E-state index is 12.8. The lowest BCUT2D eigenvalue weighted by atomic mass is 9.97. The van der Waals surface area contributed by atoms with E-state index in [0.29, 0.717) is 23.0 Å². The highest BCUT2D eigenvalue weighted by Gasteiger charge is 2.13. The number of allylic oxidation sites excluding steroid dienone is 2. The third-order valence-electron chi connectivity index (χ3n) is 5.28. The summed E-state index contributed by atoms with van der Waals surface area (Å²) in [5.41, 5.74) is 1.42. The first-order chi connectivity index (χ1) is 13.0. The summed E-state index contributed by atoms with van der Waals surface area (Å²) in [5, 5.41) is 3.31. The van der Waals surface area contributed by atoms with Crippen LogP contribution in [0.2, 0.25) is 0 Å². The highest BCUT2D eigenvalue weighted by molar-refractivity contribution is 5.97. The first-order valence-corrected chi connectivity index (χ1v) is 9.75. The largest absolute Gasteiger partial charge is 0.350 e. The van der Waals surface area contributed by atoms with Gasteiger partial charge < -0.3 is 10.3 Å². The minimum atomic E-state index is -0.427. The van der Waals surface area contributed by atoms with E-state index in [1.54, 1.807) is 18.2 Å². The molecule has 0 radical (unpaired) electrons. The lowest BCUT2D eigenvalue weighted by Crippen LogP contribution is -2.35. The average molecular weight is 369 g/mol. The van der Waals surface area contributed by atoms with Crippen LogP contribution in [-0.2, 0) is 6.54 Å². The molecule has 1 aliphatic carbocycles. The summed E-state index contributed by atoms with van der Waals surface area (Å²) in [6, 6.07) is 4.89. The number of amides is 1. The Morgan fingerprint density at radius 1 is 1.30 bits per heavy atom. The smallest absolute Gasteiger partial charge is 0.328 e. The van der Waals surface area contributed by atoms with Gasteiger partial charge in [-0.2, -0.15) is 0 Å². The van der Waals surface area contributed by atoms with E-state index in [2.05, 4.69) is 16.4 Å². The Morgan fingerprint density at radius 3 is 2.81 bits per heavy atom. The quantitative estimate of drug-likeness (QED) is 0.768. The van der Waals surface area contributed by atoms with Gasteiger partial charge in [-0.15, -0.1) is 0 Å². The van der Waals surface area contributed by atoms with Crippen molar-refractivity contribution in [2.75, 3.05) is 0 Å². The second-order valence-corrected chi connectivity index (χ2v) is 7.29. The van der Waals surface area contributed by atoms with E-state index >= 15 is 0 Å². The highest BCUT2D eigenvalue weighted by Crippen LogP contribution is 2.20. The molecule has 1 heterocycles. The van der Waals surface area contributed by atoms with E-state index < -0.39 is 5.69 Å². The molecule has 0 spiro atoms. The number of nitrogens with zero attached hydrogens (tertiary/aromatic N) is 1. The molecule has 6 heteroatoms. The van der Waals surface area contributed by atoms with Crippen molar-refractivity contribution in [3.05, 3.63) is 56.2 Å². The Labute approximate surface area is 158 Å². The minimum absolute atomic E-state index is 0.0642. The predicted molar refractivity (Wildman–Crippen MR) is 107 cm³/mol. The van der Waals surface area contributed by atoms with Crippen LogP contribution in [0.5, 0.6) is 0 Å². The first kappa shape index (κ1) is 19.1. The van der Waals surface area contributed by atoms with E-state index in [9.17, 15) is 14.4 Å². The molecule has 1 aromatic carbocycles. The fourth-order valence-electron chi connectivity index (χ4n) is 3.40. The molecule has 0 saturated heterocycles. The van der Waals surface area contributed by atoms with Crippen molar-refractivity contribution in [2.24, 2.45) is 0 Å². The molecule has 2 N–H and O–H groups in total. The molecule has 144 valence electrons. The van der Waals surface area contributed by atoms with Crippen LogP contribution in [0, 0.1) is 0 Å². The van der Waals surface area contributed by atoms with Crippen LogP contribution >= 0.6 is 0 Å². The van der Waals surface area contributed by atoms with E-state index in [0.717, 1.165) is 25.7 Å². The van der Waals surface area contributed by atoms with Crippen LogP contribution in [0.4, 0.5) is 0 Å². The van der Waals surface area contributed by atoms with Gasteiger partial charge in [0.15, 0.2) is 0 Å². The maximum Gasteiger partial charge on any atom is 0.328 e. The van der Waals surface area contributed by atoms with Crippen molar-refractivity contribution in [3.8, 4) is 0 Å². The number of fused-ring (bicyclic) bond motifs is 1. The molecule has 0 fully saturated rings. The van der Waals surface area contributed by atoms with E-state index in [4.69, 9.17) is 0 Å². The second-order valence-electron chi connectivity index (χ2n) is 7.29. The lowest BCUT2D eigenvalue weighted by molar-refractivity contribution is 0.0939. The van der Waals surface area contributed by atoms with E-state index in [-0.39, 0.29) is 17.5 Å². The number of benzene rings is 1. The molecule has 0 saturated carbocycles. The van der Waals surface area contributed by atoms with Crippen LogP contribution < -0.4 is 16.6 Å². The fraction of sp³-hybridized carbons (Fsp3) is 0.476. The van der Waals surface area contributed by atoms with Crippen molar-refractivity contribution in [2.45, 2.75) is 65.0 Å². The summed E-state index contributed by atoms with van der Waals surface area (Å²) in [5.74, 6) is -0.208. The van der Waals surface area contributed by atoms with Crippen LogP contribution in [0.1, 0.15) is 62.7 Å². The molecule has 2 aromatic rings. The number of nitrogens with one attached hydrogen (secondary N) is 2. The third kappa shape index (κ3) is 4.38. The van der Waals surface area contributed by atoms with Crippen molar-refractivity contribution < 1.29 is 4.79 Å². The molecule has 0 aliphatic heterocycles. The van der Waals surface area contributed by atoms with Gasteiger partial charge in [0.05, 0.1) is 10.9 Å². The zero-order chi connectivity index (χ0) is 19.4. The number of H-pyrrole nitrogens is 1. The standard InChI is InChI=1S/C21H27N3O3/c1-3-14(2)22-19(25)16-9-10-17-18(13-16)23-21(27)24(20(17)26)12-11-15-7-5-4-6-8-15/h7,9-10,13-14H,3-6,8,11-12H2,1-2H3,(H,22,25)(H,23,27). The number of hydrogen-bond acceptors (Lipinski definition) is 3. The third-order valence-corrected chi connectivity index (χ3v) is 5.28. The minimum Gasteiger partial charge on any atom is -0.350 e. The Kier molecular flexibility index (Phi) is 5.94. The summed E-state index contributed by atoms with van der Waals surface area (Å²) >= 11 is 0. The number of hydrogen-bond donors (Lipinski definition) is 2. The van der Waals surface area contributed by atoms with Crippen molar-refractivity contribution >= 4 is 16.8 Å². The van der Waals surface area contributed by atoms with Gasteiger partial charge in [-0.05, 0) is 63.6 Å². The van der Waals surface area contributed by atoms with E-state index in [1.807, 2.05) is 13.8 Å². The summed E-state index contributed by atoms with van der Waals surface area (Å²) in [4.78, 5) is 40.2. The molecular formula is C21H27N3O3. The molecular weight excluding hydrogens is 342 g/mol. The van der Waals surface area contributed by atoms with E-state index in [1.165, 1.54) is 23.0 Å². The molecule has 27 heavy (non-hydrogen) atoms. The predicted octanol–water partition coefficient (Wildman–Crippen LogP) is 3.11. The SMILES string of the molecule is CCC(C)NC(=O)c1ccc2c(=O)n(CCC3=CCCCC3)c(=O)[nH]c2c1. The molecule has 0 bridgehead atoms. The van der Waals surface area contributed by atoms with Gasteiger partial charge in [0.25, 0.3) is 11.5 Å².